The molecule has 0 radical (unpaired) electrons. The molecule has 0 atom stereocenters. The molecule has 1 aliphatic carbocycles. The molecule has 2 aromatic rings. The summed E-state index contributed by atoms with van der Waals surface area (Å²) < 4.78 is 21.6. The van der Waals surface area contributed by atoms with Crippen molar-refractivity contribution in [2.75, 3.05) is 28.4 Å². The minimum absolute atomic E-state index is 0.188. The summed E-state index contributed by atoms with van der Waals surface area (Å²) in [5.74, 6) is 2.54. The Kier molecular flexibility index (Phi) is 5.26. The van der Waals surface area contributed by atoms with E-state index in [0.717, 1.165) is 36.0 Å². The van der Waals surface area contributed by atoms with Crippen molar-refractivity contribution < 1.29 is 24.1 Å². The maximum atomic E-state index is 10.6. The zero-order valence-corrected chi connectivity index (χ0v) is 15.6. The lowest BCUT2D eigenvalue weighted by molar-refractivity contribution is 0.324. The summed E-state index contributed by atoms with van der Waals surface area (Å²) in [6.45, 7) is 0. The van der Waals surface area contributed by atoms with Crippen LogP contribution in [0.25, 0.3) is 5.57 Å². The summed E-state index contributed by atoms with van der Waals surface area (Å²) in [6.07, 6.45) is 3.18. The number of hydrogen-bond acceptors (Lipinski definition) is 5. The Morgan fingerprint density at radius 1 is 0.846 bits per heavy atom. The summed E-state index contributed by atoms with van der Waals surface area (Å²) in [6, 6.07) is 9.22. The molecule has 0 unspecified atom stereocenters. The monoisotopic (exact) mass is 356 g/mol. The van der Waals surface area contributed by atoms with Gasteiger partial charge in [0, 0.05) is 11.6 Å². The molecule has 0 saturated heterocycles. The number of benzene rings is 2. The highest BCUT2D eigenvalue weighted by molar-refractivity contribution is 5.87. The maximum Gasteiger partial charge on any atom is 0.203 e. The van der Waals surface area contributed by atoms with E-state index in [9.17, 15) is 5.11 Å². The quantitative estimate of drug-likeness (QED) is 0.831. The van der Waals surface area contributed by atoms with Crippen LogP contribution in [0, 0.1) is 0 Å². The van der Waals surface area contributed by atoms with Crippen LogP contribution in [0.3, 0.4) is 0 Å². The Hall–Kier alpha value is -2.82. The fourth-order valence-corrected chi connectivity index (χ4v) is 3.23. The minimum Gasteiger partial charge on any atom is -0.507 e. The number of rotatable bonds is 6. The van der Waals surface area contributed by atoms with Crippen molar-refractivity contribution >= 4 is 5.57 Å². The Morgan fingerprint density at radius 3 is 1.92 bits per heavy atom. The second-order valence-electron chi connectivity index (χ2n) is 6.13. The van der Waals surface area contributed by atoms with E-state index in [1.807, 2.05) is 24.3 Å². The standard InChI is InChI=1S/C21H24O5/c1-23-15-8-9-16(17(22)12-15)20(13-6-5-7-13)14-10-18(24-2)21(26-4)19(11-14)25-3/h8-12,22H,5-7H2,1-4H3. The van der Waals surface area contributed by atoms with Crippen LogP contribution in [0.2, 0.25) is 0 Å². The molecule has 1 saturated carbocycles. The first-order valence-corrected chi connectivity index (χ1v) is 8.52. The van der Waals surface area contributed by atoms with E-state index < -0.39 is 0 Å². The summed E-state index contributed by atoms with van der Waals surface area (Å²) in [7, 11) is 6.36. The lowest BCUT2D eigenvalue weighted by Crippen LogP contribution is -2.05. The molecule has 3 rings (SSSR count). The average Bonchev–Trinajstić information content (AvgIpc) is 2.63. The van der Waals surface area contributed by atoms with Crippen molar-refractivity contribution in [3.05, 3.63) is 47.0 Å². The van der Waals surface area contributed by atoms with Crippen LogP contribution in [0.1, 0.15) is 30.4 Å². The summed E-state index contributed by atoms with van der Waals surface area (Å²) in [5.41, 5.74) is 4.01. The van der Waals surface area contributed by atoms with E-state index in [2.05, 4.69) is 0 Å². The van der Waals surface area contributed by atoms with Gasteiger partial charge in [0.25, 0.3) is 0 Å². The van der Waals surface area contributed by atoms with E-state index in [0.29, 0.717) is 23.0 Å². The third kappa shape index (κ3) is 3.17. The number of hydrogen-bond donors (Lipinski definition) is 1. The van der Waals surface area contributed by atoms with Gasteiger partial charge in [0.2, 0.25) is 5.75 Å². The highest BCUT2D eigenvalue weighted by Crippen LogP contribution is 2.46. The van der Waals surface area contributed by atoms with Crippen molar-refractivity contribution in [1.82, 2.24) is 0 Å². The van der Waals surface area contributed by atoms with Crippen LogP contribution in [-0.4, -0.2) is 33.5 Å². The largest absolute Gasteiger partial charge is 0.507 e. The molecular formula is C21H24O5. The smallest absolute Gasteiger partial charge is 0.203 e. The fraction of sp³-hybridized carbons (Fsp3) is 0.333. The van der Waals surface area contributed by atoms with Gasteiger partial charge in [-0.15, -0.1) is 0 Å². The van der Waals surface area contributed by atoms with Crippen LogP contribution in [0.15, 0.2) is 35.9 Å². The van der Waals surface area contributed by atoms with Crippen molar-refractivity contribution in [3.63, 3.8) is 0 Å². The van der Waals surface area contributed by atoms with Crippen molar-refractivity contribution in [2.45, 2.75) is 19.3 Å². The molecule has 0 spiro atoms. The van der Waals surface area contributed by atoms with Crippen LogP contribution < -0.4 is 18.9 Å². The van der Waals surface area contributed by atoms with Gasteiger partial charge in [-0.2, -0.15) is 0 Å². The Balaban J connectivity index is 2.20. The van der Waals surface area contributed by atoms with Crippen LogP contribution in [0.4, 0.5) is 0 Å². The second kappa shape index (κ2) is 7.60. The SMILES string of the molecule is COc1ccc(C(=C2CCC2)c2cc(OC)c(OC)c(OC)c2)c(O)c1. The number of methoxy groups -OCH3 is 4. The first kappa shape index (κ1) is 18.0. The van der Waals surface area contributed by atoms with Crippen LogP contribution in [-0.2, 0) is 0 Å². The van der Waals surface area contributed by atoms with Gasteiger partial charge in [-0.3, -0.25) is 0 Å². The summed E-state index contributed by atoms with van der Waals surface area (Å²) in [5, 5.41) is 10.6. The van der Waals surface area contributed by atoms with Gasteiger partial charge < -0.3 is 24.1 Å². The topological polar surface area (TPSA) is 57.2 Å². The molecule has 0 bridgehead atoms. The highest BCUT2D eigenvalue weighted by atomic mass is 16.5. The van der Waals surface area contributed by atoms with E-state index in [1.165, 1.54) is 5.57 Å². The van der Waals surface area contributed by atoms with Crippen molar-refractivity contribution in [1.29, 1.82) is 0 Å². The zero-order valence-electron chi connectivity index (χ0n) is 15.6. The number of aromatic hydroxyl groups is 1. The van der Waals surface area contributed by atoms with Gasteiger partial charge in [0.05, 0.1) is 28.4 Å². The maximum absolute atomic E-state index is 10.6. The van der Waals surface area contributed by atoms with Crippen LogP contribution >= 0.6 is 0 Å². The van der Waals surface area contributed by atoms with Gasteiger partial charge in [-0.25, -0.2) is 0 Å². The molecule has 5 heteroatoms. The molecule has 2 aromatic carbocycles. The number of ether oxygens (including phenoxy) is 4. The molecule has 1 N–H and O–H groups in total. The lowest BCUT2D eigenvalue weighted by atomic mass is 9.82. The Morgan fingerprint density at radius 2 is 1.50 bits per heavy atom. The average molecular weight is 356 g/mol. The molecule has 0 aromatic heterocycles. The van der Waals surface area contributed by atoms with Gasteiger partial charge in [-0.05, 0) is 54.7 Å². The van der Waals surface area contributed by atoms with E-state index >= 15 is 0 Å². The first-order valence-electron chi connectivity index (χ1n) is 8.52. The molecule has 138 valence electrons. The van der Waals surface area contributed by atoms with Crippen LogP contribution in [0.5, 0.6) is 28.7 Å². The summed E-state index contributed by atoms with van der Waals surface area (Å²) in [4.78, 5) is 0. The van der Waals surface area contributed by atoms with Gasteiger partial charge >= 0.3 is 0 Å². The lowest BCUT2D eigenvalue weighted by Gasteiger charge is -2.24. The summed E-state index contributed by atoms with van der Waals surface area (Å²) >= 11 is 0. The Labute approximate surface area is 153 Å². The molecular weight excluding hydrogens is 332 g/mol. The highest BCUT2D eigenvalue weighted by Gasteiger charge is 2.23. The van der Waals surface area contributed by atoms with Crippen molar-refractivity contribution in [3.8, 4) is 28.7 Å². The first-order chi connectivity index (χ1) is 12.6. The minimum atomic E-state index is 0.188. The van der Waals surface area contributed by atoms with Gasteiger partial charge in [0.1, 0.15) is 11.5 Å². The normalized spacial score (nSPS) is 13.0. The molecule has 26 heavy (non-hydrogen) atoms. The molecule has 0 heterocycles. The second-order valence-corrected chi connectivity index (χ2v) is 6.13. The number of phenolic OH excluding ortho intramolecular Hbond substituents is 1. The third-order valence-electron chi connectivity index (χ3n) is 4.74. The third-order valence-corrected chi connectivity index (χ3v) is 4.74. The van der Waals surface area contributed by atoms with Gasteiger partial charge in [-0.1, -0.05) is 5.57 Å². The number of phenols is 1. The molecule has 0 amide bonds. The van der Waals surface area contributed by atoms with E-state index in [1.54, 1.807) is 34.5 Å². The van der Waals surface area contributed by atoms with E-state index in [4.69, 9.17) is 18.9 Å². The van der Waals surface area contributed by atoms with Crippen molar-refractivity contribution in [2.24, 2.45) is 0 Å². The van der Waals surface area contributed by atoms with Gasteiger partial charge in [0.15, 0.2) is 11.5 Å². The predicted octanol–water partition coefficient (Wildman–Crippen LogP) is 4.41. The Bertz CT molecular complexity index is 807. The molecule has 5 nitrogen and oxygen atoms in total. The fourth-order valence-electron chi connectivity index (χ4n) is 3.23. The van der Waals surface area contributed by atoms with E-state index in [-0.39, 0.29) is 5.75 Å². The molecule has 1 fully saturated rings. The molecule has 0 aliphatic heterocycles. The molecule has 1 aliphatic rings. The zero-order chi connectivity index (χ0) is 18.7. The predicted molar refractivity (Wildman–Crippen MR) is 101 cm³/mol. The number of allylic oxidation sites excluding steroid dienone is 1.